The van der Waals surface area contributed by atoms with Crippen molar-refractivity contribution in [3.63, 3.8) is 0 Å². The highest BCUT2D eigenvalue weighted by atomic mass is 16.5. The number of rotatable bonds is 59. The van der Waals surface area contributed by atoms with Gasteiger partial charge in [-0.1, -0.05) is 322 Å². The molecule has 0 heterocycles. The molecule has 0 saturated carbocycles. The third-order valence-corrected chi connectivity index (χ3v) is 14.9. The van der Waals surface area contributed by atoms with Crippen molar-refractivity contribution in [1.29, 1.82) is 0 Å². The van der Waals surface area contributed by atoms with Crippen molar-refractivity contribution in [2.24, 2.45) is 0 Å². The molecule has 0 spiro atoms. The van der Waals surface area contributed by atoms with Gasteiger partial charge in [0, 0.05) is 12.8 Å². The Bertz CT molecular complexity index is 975. The molecule has 0 aromatic rings. The molecule has 0 aliphatic carbocycles. The third-order valence-electron chi connectivity index (χ3n) is 14.9. The minimum absolute atomic E-state index is 0.00219. The van der Waals surface area contributed by atoms with Gasteiger partial charge in [-0.05, 0) is 25.7 Å². The largest absolute Gasteiger partial charge is 0.466 e. The summed E-state index contributed by atoms with van der Waals surface area (Å²) in [6.07, 6.45) is 68.2. The summed E-state index contributed by atoms with van der Waals surface area (Å²) in [6.45, 7) is 4.96. The van der Waals surface area contributed by atoms with Gasteiger partial charge in [0.2, 0.25) is 5.91 Å². The number of nitrogens with one attached hydrogen (secondary N) is 1. The average Bonchev–Trinajstić information content (AvgIpc) is 3.34. The van der Waals surface area contributed by atoms with E-state index in [9.17, 15) is 19.8 Å². The predicted molar refractivity (Wildman–Crippen MR) is 297 cm³/mol. The molecule has 2 atom stereocenters. The quantitative estimate of drug-likeness (QED) is 0.0417. The second-order valence-corrected chi connectivity index (χ2v) is 21.8. The second kappa shape index (κ2) is 58.4. The maximum absolute atomic E-state index is 12.5. The molecule has 406 valence electrons. The van der Waals surface area contributed by atoms with E-state index >= 15 is 0 Å². The fourth-order valence-corrected chi connectivity index (χ4v) is 10.1. The topological polar surface area (TPSA) is 95.9 Å². The van der Waals surface area contributed by atoms with Crippen LogP contribution in [0.15, 0.2) is 0 Å². The Morgan fingerprint density at radius 3 is 0.897 bits per heavy atom. The van der Waals surface area contributed by atoms with E-state index < -0.39 is 12.1 Å². The van der Waals surface area contributed by atoms with Crippen molar-refractivity contribution in [3.8, 4) is 0 Å². The first-order valence-electron chi connectivity index (χ1n) is 31.3. The van der Waals surface area contributed by atoms with Crippen molar-refractivity contribution < 1.29 is 24.5 Å². The summed E-state index contributed by atoms with van der Waals surface area (Å²) in [5, 5.41) is 23.4. The average molecular weight is 963 g/mol. The summed E-state index contributed by atoms with van der Waals surface area (Å²) >= 11 is 0. The lowest BCUT2D eigenvalue weighted by molar-refractivity contribution is -0.143. The van der Waals surface area contributed by atoms with E-state index in [0.717, 1.165) is 51.4 Å². The highest BCUT2D eigenvalue weighted by Crippen LogP contribution is 2.19. The number of aliphatic hydroxyl groups is 2. The molecule has 1 amide bonds. The normalized spacial score (nSPS) is 12.5. The van der Waals surface area contributed by atoms with E-state index in [1.54, 1.807) is 0 Å². The van der Waals surface area contributed by atoms with Crippen LogP contribution >= 0.6 is 0 Å². The molecule has 6 nitrogen and oxygen atoms in total. The first kappa shape index (κ1) is 66.9. The molecule has 68 heavy (non-hydrogen) atoms. The fraction of sp³-hybridized carbons (Fsp3) is 0.968. The van der Waals surface area contributed by atoms with Crippen LogP contribution in [-0.4, -0.2) is 47.4 Å². The van der Waals surface area contributed by atoms with E-state index in [0.29, 0.717) is 25.9 Å². The van der Waals surface area contributed by atoms with Crippen LogP contribution < -0.4 is 5.32 Å². The van der Waals surface area contributed by atoms with Gasteiger partial charge in [-0.15, -0.1) is 0 Å². The van der Waals surface area contributed by atoms with Gasteiger partial charge in [0.05, 0.1) is 25.4 Å². The molecule has 6 heteroatoms. The first-order valence-corrected chi connectivity index (χ1v) is 31.3. The number of hydrogen-bond donors (Lipinski definition) is 3. The summed E-state index contributed by atoms with van der Waals surface area (Å²) in [5.41, 5.74) is 0. The Morgan fingerprint density at radius 2 is 0.603 bits per heavy atom. The highest BCUT2D eigenvalue weighted by Gasteiger charge is 2.20. The monoisotopic (exact) mass is 962 g/mol. The van der Waals surface area contributed by atoms with Gasteiger partial charge >= 0.3 is 5.97 Å². The lowest BCUT2D eigenvalue weighted by atomic mass is 10.0. The number of carbonyl (C=O) groups excluding carboxylic acids is 2. The molecule has 0 aliphatic heterocycles. The smallest absolute Gasteiger partial charge is 0.305 e. The molecule has 0 bridgehead atoms. The van der Waals surface area contributed by atoms with E-state index in [1.165, 1.54) is 276 Å². The number of amides is 1. The lowest BCUT2D eigenvalue weighted by Crippen LogP contribution is -2.45. The zero-order chi connectivity index (χ0) is 49.3. The molecule has 0 aliphatic rings. The molecule has 0 aromatic heterocycles. The Labute approximate surface area is 426 Å². The predicted octanol–water partition coefficient (Wildman–Crippen LogP) is 19.5. The number of hydrogen-bond acceptors (Lipinski definition) is 5. The zero-order valence-electron chi connectivity index (χ0n) is 46.4. The Morgan fingerprint density at radius 1 is 0.353 bits per heavy atom. The number of unbranched alkanes of at least 4 members (excludes halogenated alkanes) is 48. The van der Waals surface area contributed by atoms with Crippen LogP contribution in [-0.2, 0) is 14.3 Å². The van der Waals surface area contributed by atoms with Crippen LogP contribution in [0.2, 0.25) is 0 Å². The summed E-state index contributed by atoms with van der Waals surface area (Å²) < 4.78 is 5.47. The maximum Gasteiger partial charge on any atom is 0.305 e. The second-order valence-electron chi connectivity index (χ2n) is 21.8. The van der Waals surface area contributed by atoms with Gasteiger partial charge in [0.1, 0.15) is 0 Å². The molecule has 3 N–H and O–H groups in total. The molecule has 2 unspecified atom stereocenters. The van der Waals surface area contributed by atoms with E-state index in [1.807, 2.05) is 0 Å². The lowest BCUT2D eigenvalue weighted by Gasteiger charge is -2.22. The Kier molecular flexibility index (Phi) is 57.5. The molecular formula is C62H123NO5. The van der Waals surface area contributed by atoms with Crippen LogP contribution in [0.25, 0.3) is 0 Å². The molecule has 0 radical (unpaired) electrons. The minimum atomic E-state index is -0.673. The van der Waals surface area contributed by atoms with Crippen molar-refractivity contribution in [2.45, 2.75) is 373 Å². The van der Waals surface area contributed by atoms with Crippen LogP contribution in [0, 0.1) is 0 Å². The van der Waals surface area contributed by atoms with E-state index in [-0.39, 0.29) is 18.5 Å². The number of carbonyl (C=O) groups is 2. The van der Waals surface area contributed by atoms with Gasteiger partial charge in [0.15, 0.2) is 0 Å². The summed E-state index contributed by atoms with van der Waals surface area (Å²) in [6, 6.07) is -0.551. The van der Waals surface area contributed by atoms with Crippen LogP contribution in [0.3, 0.4) is 0 Å². The molecule has 0 rings (SSSR count). The minimum Gasteiger partial charge on any atom is -0.466 e. The Balaban J connectivity index is 3.42. The summed E-state index contributed by atoms with van der Waals surface area (Å²) in [5.74, 6) is -0.0446. The fourth-order valence-electron chi connectivity index (χ4n) is 10.1. The van der Waals surface area contributed by atoms with Gasteiger partial charge in [-0.25, -0.2) is 0 Å². The molecule has 0 fully saturated rings. The summed E-state index contributed by atoms with van der Waals surface area (Å²) in [4.78, 5) is 24.6. The highest BCUT2D eigenvalue weighted by molar-refractivity contribution is 5.76. The maximum atomic E-state index is 12.5. The molecule has 0 saturated heterocycles. The van der Waals surface area contributed by atoms with Crippen LogP contribution in [0.5, 0.6) is 0 Å². The first-order chi connectivity index (χ1) is 33.5. The molecule has 0 aromatic carbocycles. The van der Waals surface area contributed by atoms with Crippen molar-refractivity contribution in [1.82, 2.24) is 5.32 Å². The van der Waals surface area contributed by atoms with E-state index in [4.69, 9.17) is 4.74 Å². The third kappa shape index (κ3) is 54.2. The van der Waals surface area contributed by atoms with E-state index in [2.05, 4.69) is 19.2 Å². The number of ether oxygens (including phenoxy) is 1. The van der Waals surface area contributed by atoms with Gasteiger partial charge in [-0.3, -0.25) is 9.59 Å². The van der Waals surface area contributed by atoms with Crippen molar-refractivity contribution in [3.05, 3.63) is 0 Å². The molecular weight excluding hydrogens is 839 g/mol. The SMILES string of the molecule is CCCCCCCCCCCCCCCCCCCCCCCCCCCC(O)C(CO)NC(=O)CCCCCCCCCCCCCCCOC(=O)CCCCCCCCCCCCCCC. The van der Waals surface area contributed by atoms with Crippen LogP contribution in [0.4, 0.5) is 0 Å². The van der Waals surface area contributed by atoms with Gasteiger partial charge in [-0.2, -0.15) is 0 Å². The van der Waals surface area contributed by atoms with Crippen molar-refractivity contribution >= 4 is 11.9 Å². The van der Waals surface area contributed by atoms with Crippen molar-refractivity contribution in [2.75, 3.05) is 13.2 Å². The van der Waals surface area contributed by atoms with Crippen LogP contribution in [0.1, 0.15) is 361 Å². The van der Waals surface area contributed by atoms with Gasteiger partial charge in [0.25, 0.3) is 0 Å². The van der Waals surface area contributed by atoms with Gasteiger partial charge < -0.3 is 20.3 Å². The number of esters is 1. The zero-order valence-corrected chi connectivity index (χ0v) is 46.4. The Hall–Kier alpha value is -1.14. The summed E-state index contributed by atoms with van der Waals surface area (Å²) in [7, 11) is 0. The standard InChI is InChI=1S/C62H123NO5/c1-3-5-7-9-11-13-15-17-18-19-20-21-22-23-24-25-26-27-28-31-34-38-42-46-50-54-60(65)59(58-64)63-61(66)55-51-47-43-39-35-32-29-33-37-41-45-49-53-57-68-62(67)56-52-48-44-40-36-30-16-14-12-10-8-6-4-2/h59-60,64-65H,3-58H2,1-2H3,(H,63,66). The number of aliphatic hydroxyl groups excluding tert-OH is 2.